The van der Waals surface area contributed by atoms with Crippen molar-refractivity contribution in [3.05, 3.63) is 29.8 Å². The van der Waals surface area contributed by atoms with Gasteiger partial charge in [-0.25, -0.2) is 0 Å². The van der Waals surface area contributed by atoms with Crippen molar-refractivity contribution < 1.29 is 9.84 Å². The second-order valence-electron chi connectivity index (χ2n) is 5.71. The van der Waals surface area contributed by atoms with Gasteiger partial charge in [0.1, 0.15) is 5.75 Å². The van der Waals surface area contributed by atoms with E-state index >= 15 is 0 Å². The van der Waals surface area contributed by atoms with Crippen LogP contribution in [-0.2, 0) is 0 Å². The van der Waals surface area contributed by atoms with E-state index in [9.17, 15) is 5.11 Å². The summed E-state index contributed by atoms with van der Waals surface area (Å²) in [5.41, 5.74) is 1.27. The van der Waals surface area contributed by atoms with Gasteiger partial charge >= 0.3 is 0 Å². The van der Waals surface area contributed by atoms with Crippen LogP contribution in [0.25, 0.3) is 0 Å². The van der Waals surface area contributed by atoms with E-state index in [0.29, 0.717) is 6.04 Å². The number of rotatable bonds is 5. The first-order valence-electron chi connectivity index (χ1n) is 7.82. The molecule has 20 heavy (non-hydrogen) atoms. The number of aliphatic hydroxyl groups excluding tert-OH is 1. The van der Waals surface area contributed by atoms with Crippen molar-refractivity contribution >= 4 is 0 Å². The lowest BCUT2D eigenvalue weighted by atomic mass is 9.99. The van der Waals surface area contributed by atoms with Gasteiger partial charge in [-0.2, -0.15) is 0 Å². The van der Waals surface area contributed by atoms with Crippen LogP contribution in [-0.4, -0.2) is 24.4 Å². The highest BCUT2D eigenvalue weighted by Crippen LogP contribution is 2.24. The summed E-state index contributed by atoms with van der Waals surface area (Å²) in [4.78, 5) is 0. The van der Waals surface area contributed by atoms with E-state index in [1.165, 1.54) is 18.4 Å². The maximum atomic E-state index is 10.2. The molecule has 1 aliphatic carbocycles. The predicted octanol–water partition coefficient (Wildman–Crippen LogP) is 3.43. The highest BCUT2D eigenvalue weighted by Gasteiger charge is 2.24. The minimum absolute atomic E-state index is 0.204. The van der Waals surface area contributed by atoms with Gasteiger partial charge in [-0.3, -0.25) is 0 Å². The van der Waals surface area contributed by atoms with E-state index < -0.39 is 0 Å². The summed E-state index contributed by atoms with van der Waals surface area (Å²) in [7, 11) is 1.69. The van der Waals surface area contributed by atoms with Crippen LogP contribution >= 0.6 is 0 Å². The normalized spacial score (nSPS) is 24.9. The molecule has 3 unspecified atom stereocenters. The van der Waals surface area contributed by atoms with Crippen LogP contribution in [0.5, 0.6) is 5.75 Å². The van der Waals surface area contributed by atoms with Crippen molar-refractivity contribution in [2.24, 2.45) is 0 Å². The first-order valence-corrected chi connectivity index (χ1v) is 7.82. The topological polar surface area (TPSA) is 41.5 Å². The molecule has 0 radical (unpaired) electrons. The van der Waals surface area contributed by atoms with E-state index in [4.69, 9.17) is 4.74 Å². The molecular formula is C17H27NO2. The van der Waals surface area contributed by atoms with Crippen molar-refractivity contribution in [3.63, 3.8) is 0 Å². The second kappa shape index (κ2) is 7.65. The summed E-state index contributed by atoms with van der Waals surface area (Å²) in [6.45, 7) is 2.19. The molecule has 0 aliphatic heterocycles. The summed E-state index contributed by atoms with van der Waals surface area (Å²) < 4.78 is 5.21. The minimum atomic E-state index is -0.204. The van der Waals surface area contributed by atoms with Gasteiger partial charge in [-0.05, 0) is 37.0 Å². The lowest BCUT2D eigenvalue weighted by Gasteiger charge is -2.28. The molecule has 0 saturated heterocycles. The van der Waals surface area contributed by atoms with Crippen molar-refractivity contribution in [3.8, 4) is 5.75 Å². The molecule has 0 amide bonds. The Morgan fingerprint density at radius 1 is 1.20 bits per heavy atom. The number of aliphatic hydroxyl groups is 1. The molecule has 112 valence electrons. The van der Waals surface area contributed by atoms with E-state index in [0.717, 1.165) is 31.4 Å². The van der Waals surface area contributed by atoms with Crippen molar-refractivity contribution in [2.45, 2.75) is 63.6 Å². The fraction of sp³-hybridized carbons (Fsp3) is 0.647. The summed E-state index contributed by atoms with van der Waals surface area (Å²) in [6, 6.07) is 8.77. The zero-order valence-corrected chi connectivity index (χ0v) is 12.6. The molecule has 0 heterocycles. The van der Waals surface area contributed by atoms with Crippen molar-refractivity contribution in [2.75, 3.05) is 7.11 Å². The highest BCUT2D eigenvalue weighted by atomic mass is 16.5. The largest absolute Gasteiger partial charge is 0.497 e. The Balaban J connectivity index is 2.02. The Hall–Kier alpha value is -1.06. The first kappa shape index (κ1) is 15.3. The Bertz CT molecular complexity index is 390. The Labute approximate surface area is 122 Å². The van der Waals surface area contributed by atoms with E-state index in [1.54, 1.807) is 7.11 Å². The molecule has 1 aromatic carbocycles. The van der Waals surface area contributed by atoms with Gasteiger partial charge < -0.3 is 15.2 Å². The maximum absolute atomic E-state index is 10.2. The van der Waals surface area contributed by atoms with Gasteiger partial charge in [0.05, 0.1) is 13.2 Å². The third-order valence-electron chi connectivity index (χ3n) is 4.32. The number of nitrogens with one attached hydrogen (secondary N) is 1. The smallest absolute Gasteiger partial charge is 0.118 e. The van der Waals surface area contributed by atoms with Gasteiger partial charge in [0.2, 0.25) is 0 Å². The van der Waals surface area contributed by atoms with Gasteiger partial charge in [-0.15, -0.1) is 0 Å². The molecule has 1 saturated carbocycles. The van der Waals surface area contributed by atoms with E-state index in [1.807, 2.05) is 12.1 Å². The third kappa shape index (κ3) is 3.97. The number of benzene rings is 1. The molecule has 1 aliphatic rings. The number of hydrogen-bond donors (Lipinski definition) is 2. The Morgan fingerprint density at radius 2 is 1.90 bits per heavy atom. The molecular weight excluding hydrogens is 250 g/mol. The van der Waals surface area contributed by atoms with Gasteiger partial charge in [0.15, 0.2) is 0 Å². The van der Waals surface area contributed by atoms with E-state index in [2.05, 4.69) is 24.4 Å². The maximum Gasteiger partial charge on any atom is 0.118 e. The molecule has 3 heteroatoms. The summed E-state index contributed by atoms with van der Waals surface area (Å²) in [5, 5.41) is 13.9. The number of hydrogen-bond acceptors (Lipinski definition) is 3. The number of methoxy groups -OCH3 is 1. The average Bonchev–Trinajstić information content (AvgIpc) is 2.69. The fourth-order valence-electron chi connectivity index (χ4n) is 3.03. The fourth-order valence-corrected chi connectivity index (χ4v) is 3.03. The molecule has 0 bridgehead atoms. The highest BCUT2D eigenvalue weighted by molar-refractivity contribution is 5.29. The predicted molar refractivity (Wildman–Crippen MR) is 82.0 cm³/mol. The summed E-state index contributed by atoms with van der Waals surface area (Å²) in [6.07, 6.45) is 6.44. The van der Waals surface area contributed by atoms with Crippen LogP contribution in [0, 0.1) is 0 Å². The summed E-state index contributed by atoms with van der Waals surface area (Å²) in [5.74, 6) is 0.887. The van der Waals surface area contributed by atoms with Crippen LogP contribution in [0.4, 0.5) is 0 Å². The van der Waals surface area contributed by atoms with Crippen LogP contribution < -0.4 is 10.1 Å². The zero-order valence-electron chi connectivity index (χ0n) is 12.6. The minimum Gasteiger partial charge on any atom is -0.497 e. The standard InChI is InChI=1S/C17H27NO2/c1-3-15(13-9-11-14(20-2)12-10-13)18-16-7-5-4-6-8-17(16)19/h9-12,15-19H,3-8H2,1-2H3. The molecule has 3 nitrogen and oxygen atoms in total. The van der Waals surface area contributed by atoms with Crippen LogP contribution in [0.1, 0.15) is 57.1 Å². The Morgan fingerprint density at radius 3 is 2.55 bits per heavy atom. The molecule has 2 N–H and O–H groups in total. The average molecular weight is 277 g/mol. The molecule has 3 atom stereocenters. The molecule has 2 rings (SSSR count). The van der Waals surface area contributed by atoms with E-state index in [-0.39, 0.29) is 12.1 Å². The zero-order chi connectivity index (χ0) is 14.4. The van der Waals surface area contributed by atoms with Gasteiger partial charge in [0, 0.05) is 12.1 Å². The van der Waals surface area contributed by atoms with Gasteiger partial charge in [-0.1, -0.05) is 38.3 Å². The lowest BCUT2D eigenvalue weighted by molar-refractivity contribution is 0.113. The van der Waals surface area contributed by atoms with Crippen LogP contribution in [0.2, 0.25) is 0 Å². The van der Waals surface area contributed by atoms with Crippen LogP contribution in [0.15, 0.2) is 24.3 Å². The molecule has 1 aromatic rings. The molecule has 0 spiro atoms. The number of ether oxygens (including phenoxy) is 1. The molecule has 1 fully saturated rings. The third-order valence-corrected chi connectivity index (χ3v) is 4.32. The van der Waals surface area contributed by atoms with Crippen LogP contribution in [0.3, 0.4) is 0 Å². The van der Waals surface area contributed by atoms with Gasteiger partial charge in [0.25, 0.3) is 0 Å². The quantitative estimate of drug-likeness (QED) is 0.810. The Kier molecular flexibility index (Phi) is 5.86. The SMILES string of the molecule is CCC(NC1CCCCCC1O)c1ccc(OC)cc1. The lowest BCUT2D eigenvalue weighted by Crippen LogP contribution is -2.41. The monoisotopic (exact) mass is 277 g/mol. The second-order valence-corrected chi connectivity index (χ2v) is 5.71. The first-order chi connectivity index (χ1) is 9.74. The van der Waals surface area contributed by atoms with Crippen molar-refractivity contribution in [1.82, 2.24) is 5.32 Å². The molecule has 0 aromatic heterocycles. The summed E-state index contributed by atoms with van der Waals surface area (Å²) >= 11 is 0. The van der Waals surface area contributed by atoms with Crippen molar-refractivity contribution in [1.29, 1.82) is 0 Å².